The van der Waals surface area contributed by atoms with Gasteiger partial charge in [0.15, 0.2) is 0 Å². The molecule has 0 saturated carbocycles. The van der Waals surface area contributed by atoms with Crippen LogP contribution in [0.5, 0.6) is 0 Å². The summed E-state index contributed by atoms with van der Waals surface area (Å²) in [5, 5.41) is 0.613. The van der Waals surface area contributed by atoms with E-state index in [1.807, 2.05) is 32.0 Å². The summed E-state index contributed by atoms with van der Waals surface area (Å²) in [7, 11) is 1.66. The first-order chi connectivity index (χ1) is 9.90. The van der Waals surface area contributed by atoms with Crippen molar-refractivity contribution in [3.05, 3.63) is 70.0 Å². The van der Waals surface area contributed by atoms with Crippen molar-refractivity contribution in [2.75, 3.05) is 7.05 Å². The zero-order valence-corrected chi connectivity index (χ0v) is 13.0. The van der Waals surface area contributed by atoms with Gasteiger partial charge in [-0.2, -0.15) is 0 Å². The van der Waals surface area contributed by atoms with Crippen LogP contribution in [0.2, 0.25) is 5.02 Å². The molecule has 0 spiro atoms. The van der Waals surface area contributed by atoms with E-state index < -0.39 is 5.82 Å². The summed E-state index contributed by atoms with van der Waals surface area (Å²) in [5.41, 5.74) is 1.85. The van der Waals surface area contributed by atoms with Crippen LogP contribution in [-0.2, 0) is 0 Å². The summed E-state index contributed by atoms with van der Waals surface area (Å²) in [5.74, 6) is -0.848. The van der Waals surface area contributed by atoms with Gasteiger partial charge in [0.1, 0.15) is 5.82 Å². The van der Waals surface area contributed by atoms with Crippen LogP contribution < -0.4 is 0 Å². The summed E-state index contributed by atoms with van der Waals surface area (Å²) >= 11 is 5.97. The average molecular weight is 306 g/mol. The van der Waals surface area contributed by atoms with Gasteiger partial charge in [0.05, 0.1) is 11.6 Å². The van der Waals surface area contributed by atoms with Crippen LogP contribution in [0.3, 0.4) is 0 Å². The fraction of sp³-hybridized carbons (Fsp3) is 0.235. The number of carbonyl (C=O) groups is 1. The van der Waals surface area contributed by atoms with Crippen molar-refractivity contribution in [3.63, 3.8) is 0 Å². The van der Waals surface area contributed by atoms with Crippen molar-refractivity contribution in [2.24, 2.45) is 0 Å². The molecule has 2 rings (SSSR count). The zero-order chi connectivity index (χ0) is 15.6. The molecule has 0 radical (unpaired) electrons. The smallest absolute Gasteiger partial charge is 0.257 e. The van der Waals surface area contributed by atoms with Gasteiger partial charge >= 0.3 is 0 Å². The average Bonchev–Trinajstić information content (AvgIpc) is 2.47. The highest BCUT2D eigenvalue weighted by Crippen LogP contribution is 2.24. The van der Waals surface area contributed by atoms with E-state index in [0.717, 1.165) is 11.1 Å². The molecule has 4 heteroatoms. The minimum absolute atomic E-state index is 0.0892. The van der Waals surface area contributed by atoms with Crippen LogP contribution in [0.25, 0.3) is 0 Å². The number of hydrogen-bond acceptors (Lipinski definition) is 1. The van der Waals surface area contributed by atoms with Crippen LogP contribution in [0, 0.1) is 12.7 Å². The molecule has 0 aliphatic heterocycles. The Hall–Kier alpha value is -1.87. The molecule has 2 aromatic carbocycles. The largest absolute Gasteiger partial charge is 0.335 e. The molecule has 0 bridgehead atoms. The Morgan fingerprint density at radius 2 is 1.95 bits per heavy atom. The lowest BCUT2D eigenvalue weighted by molar-refractivity contribution is 0.0738. The van der Waals surface area contributed by atoms with E-state index in [1.165, 1.54) is 11.0 Å². The van der Waals surface area contributed by atoms with Crippen molar-refractivity contribution in [1.29, 1.82) is 0 Å². The molecule has 0 aromatic heterocycles. The molecule has 21 heavy (non-hydrogen) atoms. The fourth-order valence-corrected chi connectivity index (χ4v) is 2.36. The van der Waals surface area contributed by atoms with Gasteiger partial charge in [-0.1, -0.05) is 35.4 Å². The van der Waals surface area contributed by atoms with E-state index in [4.69, 9.17) is 11.6 Å². The van der Waals surface area contributed by atoms with Crippen LogP contribution in [0.4, 0.5) is 4.39 Å². The second-order valence-electron chi connectivity index (χ2n) is 5.13. The number of rotatable bonds is 3. The standard InChI is InChI=1S/C17H17ClFNO/c1-11-7-8-16(19)15(9-11)17(21)20(3)12(2)13-5-4-6-14(18)10-13/h4-10,12H,1-3H3. The summed E-state index contributed by atoms with van der Waals surface area (Å²) in [6, 6.07) is 11.7. The second kappa shape index (κ2) is 6.27. The number of benzene rings is 2. The lowest BCUT2D eigenvalue weighted by Gasteiger charge is -2.26. The normalized spacial score (nSPS) is 12.0. The van der Waals surface area contributed by atoms with Gasteiger partial charge in [0.2, 0.25) is 0 Å². The predicted molar refractivity (Wildman–Crippen MR) is 83.1 cm³/mol. The lowest BCUT2D eigenvalue weighted by Crippen LogP contribution is -2.30. The Kier molecular flexibility index (Phi) is 4.63. The third kappa shape index (κ3) is 3.42. The highest BCUT2D eigenvalue weighted by Gasteiger charge is 2.21. The molecule has 1 amide bonds. The first-order valence-corrected chi connectivity index (χ1v) is 7.06. The van der Waals surface area contributed by atoms with E-state index >= 15 is 0 Å². The summed E-state index contributed by atoms with van der Waals surface area (Å²) in [4.78, 5) is 14.0. The third-order valence-electron chi connectivity index (χ3n) is 3.58. The molecule has 0 aliphatic carbocycles. The molecule has 0 saturated heterocycles. The van der Waals surface area contributed by atoms with Gasteiger partial charge in [-0.25, -0.2) is 4.39 Å². The van der Waals surface area contributed by atoms with Crippen LogP contribution in [0.1, 0.15) is 34.5 Å². The molecule has 1 unspecified atom stereocenters. The Labute approximate surface area is 129 Å². The van der Waals surface area contributed by atoms with E-state index in [9.17, 15) is 9.18 Å². The maximum atomic E-state index is 13.8. The maximum absolute atomic E-state index is 13.8. The minimum Gasteiger partial charge on any atom is -0.335 e. The molecule has 0 fully saturated rings. The van der Waals surface area contributed by atoms with Crippen molar-refractivity contribution in [2.45, 2.75) is 19.9 Å². The molecule has 2 nitrogen and oxygen atoms in total. The van der Waals surface area contributed by atoms with Crippen molar-refractivity contribution in [3.8, 4) is 0 Å². The molecule has 0 heterocycles. The van der Waals surface area contributed by atoms with Crippen molar-refractivity contribution in [1.82, 2.24) is 4.90 Å². The van der Waals surface area contributed by atoms with E-state index in [1.54, 1.807) is 25.2 Å². The van der Waals surface area contributed by atoms with Crippen LogP contribution >= 0.6 is 11.6 Å². The fourth-order valence-electron chi connectivity index (χ4n) is 2.16. The first-order valence-electron chi connectivity index (χ1n) is 6.69. The predicted octanol–water partition coefficient (Wildman–Crippen LogP) is 4.62. The van der Waals surface area contributed by atoms with E-state index in [2.05, 4.69) is 0 Å². The lowest BCUT2D eigenvalue weighted by atomic mass is 10.1. The number of amides is 1. The maximum Gasteiger partial charge on any atom is 0.257 e. The topological polar surface area (TPSA) is 20.3 Å². The van der Waals surface area contributed by atoms with Gasteiger partial charge in [-0.05, 0) is 43.7 Å². The van der Waals surface area contributed by atoms with Crippen LogP contribution in [-0.4, -0.2) is 17.9 Å². The van der Waals surface area contributed by atoms with Crippen molar-refractivity contribution >= 4 is 17.5 Å². The number of nitrogens with zero attached hydrogens (tertiary/aromatic N) is 1. The monoisotopic (exact) mass is 305 g/mol. The Morgan fingerprint density at radius 1 is 1.24 bits per heavy atom. The van der Waals surface area contributed by atoms with E-state index in [-0.39, 0.29) is 17.5 Å². The number of hydrogen-bond donors (Lipinski definition) is 0. The molecule has 0 N–H and O–H groups in total. The van der Waals surface area contributed by atoms with Crippen LogP contribution in [0.15, 0.2) is 42.5 Å². The van der Waals surface area contributed by atoms with E-state index in [0.29, 0.717) is 5.02 Å². The summed E-state index contributed by atoms with van der Waals surface area (Å²) in [6.07, 6.45) is 0. The third-order valence-corrected chi connectivity index (χ3v) is 3.82. The quantitative estimate of drug-likeness (QED) is 0.810. The van der Waals surface area contributed by atoms with Gasteiger partial charge in [0.25, 0.3) is 5.91 Å². The van der Waals surface area contributed by atoms with Gasteiger partial charge in [0, 0.05) is 12.1 Å². The highest BCUT2D eigenvalue weighted by atomic mass is 35.5. The number of aryl methyl sites for hydroxylation is 1. The Morgan fingerprint density at radius 3 is 2.62 bits per heavy atom. The van der Waals surface area contributed by atoms with Gasteiger partial charge < -0.3 is 4.90 Å². The molecular weight excluding hydrogens is 289 g/mol. The zero-order valence-electron chi connectivity index (χ0n) is 12.2. The Balaban J connectivity index is 2.28. The van der Waals surface area contributed by atoms with Gasteiger partial charge in [-0.15, -0.1) is 0 Å². The molecule has 2 aromatic rings. The van der Waals surface area contributed by atoms with Gasteiger partial charge in [-0.3, -0.25) is 4.79 Å². The second-order valence-corrected chi connectivity index (χ2v) is 5.57. The highest BCUT2D eigenvalue weighted by molar-refractivity contribution is 6.30. The molecular formula is C17H17ClFNO. The Bertz CT molecular complexity index is 672. The molecule has 110 valence electrons. The summed E-state index contributed by atoms with van der Waals surface area (Å²) in [6.45, 7) is 3.72. The first kappa shape index (κ1) is 15.5. The summed E-state index contributed by atoms with van der Waals surface area (Å²) < 4.78 is 13.8. The van der Waals surface area contributed by atoms with Crippen molar-refractivity contribution < 1.29 is 9.18 Å². The number of carbonyl (C=O) groups excluding carboxylic acids is 1. The number of halogens is 2. The molecule has 0 aliphatic rings. The SMILES string of the molecule is Cc1ccc(F)c(C(=O)N(C)C(C)c2cccc(Cl)c2)c1. The minimum atomic E-state index is -0.504. The molecule has 1 atom stereocenters.